The molecular formula is C14H25N3O3. The van der Waals surface area contributed by atoms with Crippen LogP contribution in [-0.4, -0.2) is 54.6 Å². The van der Waals surface area contributed by atoms with Gasteiger partial charge in [0.25, 0.3) is 0 Å². The molecule has 1 heterocycles. The van der Waals surface area contributed by atoms with Crippen molar-refractivity contribution in [1.29, 1.82) is 0 Å². The van der Waals surface area contributed by atoms with Crippen LogP contribution < -0.4 is 11.1 Å². The van der Waals surface area contributed by atoms with Gasteiger partial charge in [-0.25, -0.2) is 0 Å². The highest BCUT2D eigenvalue weighted by Crippen LogP contribution is 2.49. The molecule has 3 N–H and O–H groups in total. The van der Waals surface area contributed by atoms with Crippen molar-refractivity contribution in [3.8, 4) is 0 Å². The van der Waals surface area contributed by atoms with Crippen LogP contribution in [-0.2, 0) is 14.3 Å². The first-order valence-corrected chi connectivity index (χ1v) is 7.17. The molecule has 2 fully saturated rings. The number of nitrogens with two attached hydrogens (primary N) is 1. The van der Waals surface area contributed by atoms with Gasteiger partial charge in [-0.05, 0) is 6.92 Å². The van der Waals surface area contributed by atoms with E-state index in [9.17, 15) is 9.59 Å². The lowest BCUT2D eigenvalue weighted by atomic mass is 9.54. The molecule has 0 spiro atoms. The highest BCUT2D eigenvalue weighted by atomic mass is 16.5. The molecular weight excluding hydrogens is 258 g/mol. The molecule has 0 radical (unpaired) electrons. The number of carbonyl (C=O) groups is 2. The van der Waals surface area contributed by atoms with Gasteiger partial charge in [0, 0.05) is 38.5 Å². The van der Waals surface area contributed by atoms with Crippen LogP contribution in [0.1, 0.15) is 33.6 Å². The Morgan fingerprint density at radius 3 is 2.65 bits per heavy atom. The molecule has 114 valence electrons. The highest BCUT2D eigenvalue weighted by Gasteiger charge is 2.63. The third-order valence-electron chi connectivity index (χ3n) is 4.91. The van der Waals surface area contributed by atoms with Crippen molar-refractivity contribution in [1.82, 2.24) is 10.2 Å². The van der Waals surface area contributed by atoms with Crippen LogP contribution in [0, 0.1) is 5.41 Å². The summed E-state index contributed by atoms with van der Waals surface area (Å²) in [6, 6.07) is -0.137. The van der Waals surface area contributed by atoms with E-state index in [-0.39, 0.29) is 24.0 Å². The van der Waals surface area contributed by atoms with Gasteiger partial charge >= 0.3 is 0 Å². The van der Waals surface area contributed by atoms with E-state index >= 15 is 0 Å². The largest absolute Gasteiger partial charge is 0.378 e. The monoisotopic (exact) mass is 283 g/mol. The minimum absolute atomic E-state index is 0.0103. The van der Waals surface area contributed by atoms with Crippen molar-refractivity contribution in [3.63, 3.8) is 0 Å². The second-order valence-electron chi connectivity index (χ2n) is 6.49. The average Bonchev–Trinajstić information content (AvgIpc) is 2.67. The fourth-order valence-corrected chi connectivity index (χ4v) is 3.09. The van der Waals surface area contributed by atoms with Gasteiger partial charge in [-0.3, -0.25) is 9.59 Å². The smallest absolute Gasteiger partial charge is 0.241 e. The quantitative estimate of drug-likeness (QED) is 0.752. The minimum atomic E-state index is -0.920. The lowest BCUT2D eigenvalue weighted by Gasteiger charge is -2.57. The first-order chi connectivity index (χ1) is 9.22. The topological polar surface area (TPSA) is 84.7 Å². The molecule has 0 aromatic heterocycles. The van der Waals surface area contributed by atoms with Crippen LogP contribution in [0.3, 0.4) is 0 Å². The number of amides is 2. The number of carbonyl (C=O) groups excluding carboxylic acids is 2. The number of likely N-dealkylation sites (tertiary alicyclic amines) is 1. The summed E-state index contributed by atoms with van der Waals surface area (Å²) in [6.07, 6.45) is 0.889. The van der Waals surface area contributed by atoms with E-state index < -0.39 is 11.0 Å². The van der Waals surface area contributed by atoms with Crippen molar-refractivity contribution in [2.24, 2.45) is 11.1 Å². The summed E-state index contributed by atoms with van der Waals surface area (Å²) in [5, 5.41) is 2.92. The number of hydrogen-bond donors (Lipinski definition) is 2. The molecule has 3 atom stereocenters. The average molecular weight is 283 g/mol. The molecule has 2 aliphatic rings. The number of likely N-dealkylation sites (N-methyl/N-ethyl adjacent to an activating group) is 1. The van der Waals surface area contributed by atoms with Crippen molar-refractivity contribution < 1.29 is 14.3 Å². The summed E-state index contributed by atoms with van der Waals surface area (Å²) in [6.45, 7) is 7.03. The normalized spacial score (nSPS) is 35.9. The predicted molar refractivity (Wildman–Crippen MR) is 74.9 cm³/mol. The second kappa shape index (κ2) is 5.00. The molecule has 0 aromatic carbocycles. The lowest BCUT2D eigenvalue weighted by Crippen LogP contribution is -2.76. The van der Waals surface area contributed by atoms with E-state index in [1.165, 1.54) is 0 Å². The second-order valence-corrected chi connectivity index (χ2v) is 6.49. The van der Waals surface area contributed by atoms with E-state index in [4.69, 9.17) is 10.5 Å². The van der Waals surface area contributed by atoms with E-state index in [2.05, 4.69) is 5.32 Å². The van der Waals surface area contributed by atoms with Gasteiger partial charge in [0.1, 0.15) is 5.54 Å². The van der Waals surface area contributed by atoms with Crippen LogP contribution in [0.15, 0.2) is 0 Å². The van der Waals surface area contributed by atoms with Crippen LogP contribution in [0.5, 0.6) is 0 Å². The van der Waals surface area contributed by atoms with Gasteiger partial charge in [-0.2, -0.15) is 0 Å². The summed E-state index contributed by atoms with van der Waals surface area (Å²) in [4.78, 5) is 25.6. The molecule has 3 unspecified atom stereocenters. The number of rotatable bonds is 4. The molecule has 1 aliphatic heterocycles. The highest BCUT2D eigenvalue weighted by molar-refractivity contribution is 5.90. The van der Waals surface area contributed by atoms with Gasteiger partial charge < -0.3 is 20.7 Å². The van der Waals surface area contributed by atoms with Crippen molar-refractivity contribution >= 4 is 11.8 Å². The third-order valence-corrected chi connectivity index (χ3v) is 4.91. The first-order valence-electron chi connectivity index (χ1n) is 7.17. The van der Waals surface area contributed by atoms with E-state index in [1.54, 1.807) is 11.9 Å². The number of nitrogens with zero attached hydrogens (tertiary/aromatic N) is 1. The van der Waals surface area contributed by atoms with Crippen LogP contribution in [0.2, 0.25) is 0 Å². The fraction of sp³-hybridized carbons (Fsp3) is 0.857. The van der Waals surface area contributed by atoms with Crippen LogP contribution in [0.4, 0.5) is 0 Å². The number of ether oxygens (including phenoxy) is 1. The van der Waals surface area contributed by atoms with E-state index in [1.807, 2.05) is 20.8 Å². The fourth-order valence-electron chi connectivity index (χ4n) is 3.09. The maximum atomic E-state index is 12.5. The molecule has 2 amide bonds. The molecule has 2 rings (SSSR count). The molecule has 1 saturated carbocycles. The Hall–Kier alpha value is -1.14. The number of nitrogens with one attached hydrogen (secondary N) is 1. The first kappa shape index (κ1) is 15.3. The maximum Gasteiger partial charge on any atom is 0.241 e. The van der Waals surface area contributed by atoms with Crippen LogP contribution in [0.25, 0.3) is 0 Å². The predicted octanol–water partition coefficient (Wildman–Crippen LogP) is -0.134. The Morgan fingerprint density at radius 2 is 2.20 bits per heavy atom. The van der Waals surface area contributed by atoms with Gasteiger partial charge in [-0.1, -0.05) is 13.8 Å². The standard InChI is InChI=1S/C14H25N3O3/c1-5-20-10-7-14(15,13(10,2)3)12(19)16-9-6-11(18)17(4)8-9/h9-10H,5-8,15H2,1-4H3,(H,16,19). The summed E-state index contributed by atoms with van der Waals surface area (Å²) in [5.41, 5.74) is 4.98. The maximum absolute atomic E-state index is 12.5. The summed E-state index contributed by atoms with van der Waals surface area (Å²) >= 11 is 0. The zero-order valence-corrected chi connectivity index (χ0v) is 12.7. The summed E-state index contributed by atoms with van der Waals surface area (Å²) < 4.78 is 5.62. The molecule has 20 heavy (non-hydrogen) atoms. The molecule has 0 aromatic rings. The zero-order valence-electron chi connectivity index (χ0n) is 12.7. The van der Waals surface area contributed by atoms with Crippen molar-refractivity contribution in [2.75, 3.05) is 20.2 Å². The Morgan fingerprint density at radius 1 is 1.55 bits per heavy atom. The molecule has 0 bridgehead atoms. The Balaban J connectivity index is 1.98. The van der Waals surface area contributed by atoms with E-state index in [0.717, 1.165) is 0 Å². The minimum Gasteiger partial charge on any atom is -0.378 e. The van der Waals surface area contributed by atoms with Crippen molar-refractivity contribution in [2.45, 2.75) is 51.3 Å². The lowest BCUT2D eigenvalue weighted by molar-refractivity contribution is -0.171. The Labute approximate surface area is 120 Å². The third kappa shape index (κ3) is 2.20. The van der Waals surface area contributed by atoms with Gasteiger partial charge in [0.05, 0.1) is 12.1 Å². The van der Waals surface area contributed by atoms with E-state index in [0.29, 0.717) is 26.0 Å². The summed E-state index contributed by atoms with van der Waals surface area (Å²) in [5.74, 6) is -0.118. The van der Waals surface area contributed by atoms with Gasteiger partial charge in [0.2, 0.25) is 11.8 Å². The van der Waals surface area contributed by atoms with Crippen molar-refractivity contribution in [3.05, 3.63) is 0 Å². The summed E-state index contributed by atoms with van der Waals surface area (Å²) in [7, 11) is 1.74. The SMILES string of the molecule is CCOC1CC(N)(C(=O)NC2CC(=O)N(C)C2)C1(C)C. The van der Waals surface area contributed by atoms with Gasteiger partial charge in [-0.15, -0.1) is 0 Å². The molecule has 1 saturated heterocycles. The van der Waals surface area contributed by atoms with Gasteiger partial charge in [0.15, 0.2) is 0 Å². The number of hydrogen-bond acceptors (Lipinski definition) is 4. The molecule has 6 heteroatoms. The molecule has 1 aliphatic carbocycles. The Kier molecular flexibility index (Phi) is 3.81. The van der Waals surface area contributed by atoms with Crippen LogP contribution >= 0.6 is 0 Å². The zero-order chi connectivity index (χ0) is 15.1. The Bertz CT molecular complexity index is 424. The molecule has 6 nitrogen and oxygen atoms in total.